The number of nitrogens with zero attached hydrogens (tertiary/aromatic N) is 2. The molecule has 34 heavy (non-hydrogen) atoms. The van der Waals surface area contributed by atoms with E-state index in [9.17, 15) is 0 Å². The normalized spacial score (nSPS) is 18.6. The van der Waals surface area contributed by atoms with Crippen molar-refractivity contribution < 1.29 is 13.1 Å². The zero-order valence-electron chi connectivity index (χ0n) is 23.8. The molecule has 0 atom stereocenters. The molecule has 1 aliphatic carbocycles. The highest BCUT2D eigenvalue weighted by atomic mass is 16.3. The van der Waals surface area contributed by atoms with Gasteiger partial charge in [0.2, 0.25) is 0 Å². The van der Waals surface area contributed by atoms with Crippen LogP contribution in [0.2, 0.25) is 0 Å². The van der Waals surface area contributed by atoms with Crippen molar-refractivity contribution in [2.75, 3.05) is 0 Å². The Kier molecular flexibility index (Phi) is 3.69. The highest BCUT2D eigenvalue weighted by Gasteiger charge is 2.38. The molecule has 5 aromatic rings. The van der Waals surface area contributed by atoms with Crippen LogP contribution in [0.5, 0.6) is 0 Å². The van der Waals surface area contributed by atoms with E-state index in [4.69, 9.17) is 8.53 Å². The van der Waals surface area contributed by atoms with Gasteiger partial charge in [-0.05, 0) is 87.6 Å². The van der Waals surface area contributed by atoms with Crippen LogP contribution in [0.1, 0.15) is 66.9 Å². The molecule has 1 aliphatic rings. The first-order chi connectivity index (χ1) is 17.3. The fourth-order valence-corrected chi connectivity index (χ4v) is 6.04. The molecule has 172 valence electrons. The maximum atomic E-state index is 8.34. The van der Waals surface area contributed by atoms with Crippen LogP contribution < -0.4 is 4.57 Å². The van der Waals surface area contributed by atoms with Gasteiger partial charge in [0.25, 0.3) is 0 Å². The van der Waals surface area contributed by atoms with E-state index >= 15 is 0 Å². The minimum Gasteiger partial charge on any atom is -0.455 e. The number of hydrogen-bond acceptors (Lipinski definition) is 2. The molecule has 0 spiro atoms. The Morgan fingerprint density at radius 1 is 1.00 bits per heavy atom. The van der Waals surface area contributed by atoms with E-state index in [2.05, 4.69) is 56.9 Å². The Hall–Kier alpha value is -3.20. The average Bonchev–Trinajstić information content (AvgIpc) is 3.17. The average molecular weight is 453 g/mol. The Morgan fingerprint density at radius 3 is 2.56 bits per heavy atom. The number of fused-ring (bicyclic) bond motifs is 6. The quantitative estimate of drug-likeness (QED) is 0.245. The molecule has 3 aromatic carbocycles. The largest absolute Gasteiger partial charge is 0.455 e. The maximum Gasteiger partial charge on any atom is 0.334 e. The zero-order valence-corrected chi connectivity index (χ0v) is 20.8. The first-order valence-corrected chi connectivity index (χ1v) is 12.1. The van der Waals surface area contributed by atoms with Crippen LogP contribution in [0, 0.1) is 13.8 Å². The van der Waals surface area contributed by atoms with Gasteiger partial charge in [0, 0.05) is 21.0 Å². The van der Waals surface area contributed by atoms with Crippen LogP contribution in [-0.2, 0) is 17.9 Å². The lowest BCUT2D eigenvalue weighted by Crippen LogP contribution is -2.34. The van der Waals surface area contributed by atoms with Crippen molar-refractivity contribution in [2.45, 2.75) is 65.1 Å². The van der Waals surface area contributed by atoms with Gasteiger partial charge in [-0.2, -0.15) is 0 Å². The molecule has 2 heterocycles. The monoisotopic (exact) mass is 452 g/mol. The maximum absolute atomic E-state index is 8.34. The molecule has 0 radical (unpaired) electrons. The molecule has 0 aliphatic heterocycles. The lowest BCUT2D eigenvalue weighted by Gasteiger charge is -2.42. The summed E-state index contributed by atoms with van der Waals surface area (Å²) in [5.41, 5.74) is 6.20. The van der Waals surface area contributed by atoms with Crippen molar-refractivity contribution >= 4 is 32.7 Å². The van der Waals surface area contributed by atoms with Crippen molar-refractivity contribution in [2.24, 2.45) is 7.05 Å². The van der Waals surface area contributed by atoms with Gasteiger partial charge in [0.1, 0.15) is 17.3 Å². The molecular weight excluding hydrogens is 416 g/mol. The summed E-state index contributed by atoms with van der Waals surface area (Å²) in [6, 6.07) is 12.4. The Balaban J connectivity index is 1.79. The lowest BCUT2D eigenvalue weighted by atomic mass is 9.62. The molecule has 0 saturated carbocycles. The Morgan fingerprint density at radius 2 is 1.79 bits per heavy atom. The first kappa shape index (κ1) is 18.2. The predicted octanol–water partition coefficient (Wildman–Crippen LogP) is 7.59. The van der Waals surface area contributed by atoms with Crippen LogP contribution >= 0.6 is 0 Å². The van der Waals surface area contributed by atoms with E-state index < -0.39 is 6.85 Å². The molecule has 0 fully saturated rings. The van der Waals surface area contributed by atoms with Crippen LogP contribution in [0.25, 0.3) is 44.1 Å². The lowest BCUT2D eigenvalue weighted by molar-refractivity contribution is -0.663. The molecule has 0 unspecified atom stereocenters. The van der Waals surface area contributed by atoms with Gasteiger partial charge in [-0.1, -0.05) is 45.9 Å². The number of rotatable bonds is 1. The Bertz CT molecular complexity index is 1740. The Labute approximate surface area is 205 Å². The molecule has 2 aromatic heterocycles. The summed E-state index contributed by atoms with van der Waals surface area (Å²) in [4.78, 5) is 4.63. The summed E-state index contributed by atoms with van der Waals surface area (Å²) in [5, 5.41) is 3.79. The number of aromatic nitrogens is 2. The summed E-state index contributed by atoms with van der Waals surface area (Å²) in [7, 11) is 1.94. The van der Waals surface area contributed by atoms with Crippen molar-refractivity contribution in [3.63, 3.8) is 0 Å². The predicted molar refractivity (Wildman–Crippen MR) is 140 cm³/mol. The van der Waals surface area contributed by atoms with Gasteiger partial charge in [-0.15, -0.1) is 0 Å². The van der Waals surface area contributed by atoms with Gasteiger partial charge in [-0.25, -0.2) is 4.57 Å². The third-order valence-corrected chi connectivity index (χ3v) is 8.01. The van der Waals surface area contributed by atoms with Gasteiger partial charge < -0.3 is 4.42 Å². The second-order valence-electron chi connectivity index (χ2n) is 11.3. The van der Waals surface area contributed by atoms with Gasteiger partial charge >= 0.3 is 5.82 Å². The second-order valence-corrected chi connectivity index (χ2v) is 11.3. The second kappa shape index (κ2) is 6.91. The van der Waals surface area contributed by atoms with E-state index in [-0.39, 0.29) is 10.8 Å². The highest BCUT2D eigenvalue weighted by Crippen LogP contribution is 2.49. The third-order valence-electron chi connectivity index (χ3n) is 8.01. The summed E-state index contributed by atoms with van der Waals surface area (Å²) < 4.78 is 33.6. The summed E-state index contributed by atoms with van der Waals surface area (Å²) >= 11 is 0. The molecule has 0 saturated heterocycles. The summed E-state index contributed by atoms with van der Waals surface area (Å²) in [5.74, 6) is 0.742. The molecule has 0 bridgehead atoms. The van der Waals surface area contributed by atoms with Crippen LogP contribution in [0.3, 0.4) is 0 Å². The van der Waals surface area contributed by atoms with Crippen molar-refractivity contribution in [1.82, 2.24) is 4.98 Å². The molecular formula is C31H33N2O+. The minimum atomic E-state index is -2.28. The molecule has 3 heteroatoms. The number of aryl methyl sites for hydroxylation is 3. The van der Waals surface area contributed by atoms with E-state index in [0.717, 1.165) is 40.6 Å². The van der Waals surface area contributed by atoms with Crippen molar-refractivity contribution in [3.8, 4) is 11.4 Å². The van der Waals surface area contributed by atoms with Crippen LogP contribution in [-0.4, -0.2) is 4.98 Å². The summed E-state index contributed by atoms with van der Waals surface area (Å²) in [6.07, 6.45) is 5.97. The topological polar surface area (TPSA) is 29.9 Å². The number of furan rings is 1. The van der Waals surface area contributed by atoms with Gasteiger partial charge in [0.15, 0.2) is 5.58 Å². The van der Waals surface area contributed by atoms with E-state index in [1.54, 1.807) is 12.3 Å². The standard InChI is InChI=1S/C31H33N2O/c1-18-15-19(2)26(29-32-13-8-14-33(29)7)28-25(18)22-16-20-9-10-23-27(21(20)17-24(22)34-28)31(5,6)12-11-30(23,3)4/h8-10,13-17H,11-12H2,1-7H3/q+1/i1D3. The van der Waals surface area contributed by atoms with E-state index in [1.165, 1.54) is 16.5 Å². The molecule has 3 nitrogen and oxygen atoms in total. The van der Waals surface area contributed by atoms with Gasteiger partial charge in [-0.3, -0.25) is 0 Å². The molecule has 0 amide bonds. The zero-order chi connectivity index (χ0) is 26.5. The van der Waals surface area contributed by atoms with Crippen LogP contribution in [0.15, 0.2) is 53.2 Å². The number of benzene rings is 3. The SMILES string of the molecule is [2H]C([2H])([2H])c1cc(C)c(-c2nccc[n+]2C)c2oc3cc4c5c(ccc4cc3c12)C(C)(C)CCC5(C)C. The fourth-order valence-electron chi connectivity index (χ4n) is 6.04. The smallest absolute Gasteiger partial charge is 0.334 e. The van der Waals surface area contributed by atoms with E-state index in [1.807, 2.05) is 30.8 Å². The van der Waals surface area contributed by atoms with Crippen molar-refractivity contribution in [1.29, 1.82) is 0 Å². The molecule has 6 rings (SSSR count). The van der Waals surface area contributed by atoms with E-state index in [0.29, 0.717) is 22.1 Å². The van der Waals surface area contributed by atoms with Crippen LogP contribution in [0.4, 0.5) is 0 Å². The third kappa shape index (κ3) is 2.89. The summed E-state index contributed by atoms with van der Waals surface area (Å²) in [6.45, 7) is 8.98. The first-order valence-electron chi connectivity index (χ1n) is 13.6. The fraction of sp³-hybridized carbons (Fsp3) is 0.355. The van der Waals surface area contributed by atoms with Gasteiger partial charge in [0.05, 0.1) is 13.2 Å². The number of hydrogen-bond donors (Lipinski definition) is 0. The minimum absolute atomic E-state index is 0.0391. The van der Waals surface area contributed by atoms with Crippen molar-refractivity contribution in [3.05, 3.63) is 71.0 Å². The molecule has 0 N–H and O–H groups in total. The highest BCUT2D eigenvalue weighted by molar-refractivity contribution is 6.15.